The first-order valence-corrected chi connectivity index (χ1v) is 11.0. The van der Waals surface area contributed by atoms with E-state index in [2.05, 4.69) is 0 Å². The molecule has 3 rings (SSSR count). The zero-order chi connectivity index (χ0) is 19.1. The number of carbonyl (C=O) groups is 2. The number of carbonyl (C=O) groups excluding carboxylic acids is 2. The summed E-state index contributed by atoms with van der Waals surface area (Å²) in [5, 5.41) is 0.681. The van der Waals surface area contributed by atoms with Crippen LogP contribution in [0.2, 0.25) is 10.0 Å². The summed E-state index contributed by atoms with van der Waals surface area (Å²) in [6.07, 6.45) is 1.69. The standard InChI is InChI=1S/C17H20Cl2N2O4S/c1-20(12-6-8-26(24,25)10-12)17(23)15-3-2-7-21(15)16(22)13-9-11(18)4-5-14(13)19/h4-5,9,12,15H,2-3,6-8,10H2,1H3/t12-,15+/m0/s1. The first kappa shape index (κ1) is 19.5. The third kappa shape index (κ3) is 3.85. The van der Waals surface area contributed by atoms with Crippen LogP contribution in [0.1, 0.15) is 29.6 Å². The lowest BCUT2D eigenvalue weighted by molar-refractivity contribution is -0.135. The Kier molecular flexibility index (Phi) is 5.51. The smallest absolute Gasteiger partial charge is 0.256 e. The van der Waals surface area contributed by atoms with Gasteiger partial charge in [-0.3, -0.25) is 9.59 Å². The second-order valence-electron chi connectivity index (χ2n) is 6.79. The first-order valence-electron chi connectivity index (χ1n) is 8.43. The van der Waals surface area contributed by atoms with Crippen LogP contribution in [0.4, 0.5) is 0 Å². The Bertz CT molecular complexity index is 843. The van der Waals surface area contributed by atoms with Gasteiger partial charge in [0.2, 0.25) is 5.91 Å². The van der Waals surface area contributed by atoms with Gasteiger partial charge in [0.1, 0.15) is 6.04 Å². The van der Waals surface area contributed by atoms with Gasteiger partial charge in [-0.2, -0.15) is 0 Å². The van der Waals surface area contributed by atoms with Crippen LogP contribution in [0, 0.1) is 0 Å². The van der Waals surface area contributed by atoms with Gasteiger partial charge in [0.15, 0.2) is 9.84 Å². The predicted octanol–water partition coefficient (Wildman–Crippen LogP) is 2.24. The second-order valence-corrected chi connectivity index (χ2v) is 9.86. The fourth-order valence-corrected chi connectivity index (χ4v) is 5.72. The summed E-state index contributed by atoms with van der Waals surface area (Å²) >= 11 is 12.1. The van der Waals surface area contributed by atoms with Gasteiger partial charge < -0.3 is 9.80 Å². The van der Waals surface area contributed by atoms with E-state index < -0.39 is 15.9 Å². The van der Waals surface area contributed by atoms with E-state index in [9.17, 15) is 18.0 Å². The number of benzene rings is 1. The number of likely N-dealkylation sites (tertiary alicyclic amines) is 1. The summed E-state index contributed by atoms with van der Waals surface area (Å²) in [5.41, 5.74) is 0.268. The lowest BCUT2D eigenvalue weighted by atomic mass is 10.1. The van der Waals surface area contributed by atoms with Crippen molar-refractivity contribution in [2.24, 2.45) is 0 Å². The molecule has 0 N–H and O–H groups in total. The highest BCUT2D eigenvalue weighted by Gasteiger charge is 2.40. The summed E-state index contributed by atoms with van der Waals surface area (Å²) in [5.74, 6) is -0.478. The Labute approximate surface area is 163 Å². The van der Waals surface area contributed by atoms with E-state index in [-0.39, 0.29) is 39.9 Å². The molecule has 2 fully saturated rings. The summed E-state index contributed by atoms with van der Waals surface area (Å²) in [6.45, 7) is 0.453. The van der Waals surface area contributed by atoms with Crippen molar-refractivity contribution in [1.29, 1.82) is 0 Å². The summed E-state index contributed by atoms with van der Waals surface area (Å²) in [6, 6.07) is 3.71. The molecule has 9 heteroatoms. The molecule has 1 aromatic rings. The van der Waals surface area contributed by atoms with E-state index in [0.717, 1.165) is 0 Å². The monoisotopic (exact) mass is 418 g/mol. The molecule has 2 aliphatic rings. The summed E-state index contributed by atoms with van der Waals surface area (Å²) < 4.78 is 23.4. The van der Waals surface area contributed by atoms with Gasteiger partial charge in [-0.1, -0.05) is 23.2 Å². The van der Waals surface area contributed by atoms with Crippen LogP contribution in [-0.2, 0) is 14.6 Å². The van der Waals surface area contributed by atoms with Crippen molar-refractivity contribution in [3.63, 3.8) is 0 Å². The van der Waals surface area contributed by atoms with Crippen molar-refractivity contribution < 1.29 is 18.0 Å². The maximum atomic E-state index is 12.9. The molecule has 0 saturated carbocycles. The number of rotatable bonds is 3. The topological polar surface area (TPSA) is 74.8 Å². The molecule has 0 aliphatic carbocycles. The predicted molar refractivity (Wildman–Crippen MR) is 100 cm³/mol. The number of likely N-dealkylation sites (N-methyl/N-ethyl adjacent to an activating group) is 1. The molecule has 2 atom stereocenters. The molecular weight excluding hydrogens is 399 g/mol. The van der Waals surface area contributed by atoms with Crippen LogP contribution in [0.3, 0.4) is 0 Å². The van der Waals surface area contributed by atoms with E-state index in [0.29, 0.717) is 30.8 Å². The highest BCUT2D eigenvalue weighted by Crippen LogP contribution is 2.28. The van der Waals surface area contributed by atoms with Gasteiger partial charge in [-0.05, 0) is 37.5 Å². The Hall–Kier alpha value is -1.31. The van der Waals surface area contributed by atoms with Gasteiger partial charge in [0.25, 0.3) is 5.91 Å². The van der Waals surface area contributed by atoms with Crippen molar-refractivity contribution in [3.05, 3.63) is 33.8 Å². The molecule has 26 heavy (non-hydrogen) atoms. The van der Waals surface area contributed by atoms with Crippen LogP contribution >= 0.6 is 23.2 Å². The van der Waals surface area contributed by atoms with Gasteiger partial charge in [0.05, 0.1) is 22.1 Å². The van der Waals surface area contributed by atoms with E-state index in [1.54, 1.807) is 19.2 Å². The summed E-state index contributed by atoms with van der Waals surface area (Å²) in [4.78, 5) is 28.8. The van der Waals surface area contributed by atoms with Gasteiger partial charge >= 0.3 is 0 Å². The summed E-state index contributed by atoms with van der Waals surface area (Å²) in [7, 11) is -1.48. The van der Waals surface area contributed by atoms with Crippen LogP contribution in [0.5, 0.6) is 0 Å². The largest absolute Gasteiger partial charge is 0.340 e. The molecular formula is C17H20Cl2N2O4S. The maximum Gasteiger partial charge on any atom is 0.256 e. The highest BCUT2D eigenvalue weighted by atomic mass is 35.5. The fraction of sp³-hybridized carbons (Fsp3) is 0.529. The minimum Gasteiger partial charge on any atom is -0.340 e. The highest BCUT2D eigenvalue weighted by molar-refractivity contribution is 7.91. The molecule has 0 unspecified atom stereocenters. The lowest BCUT2D eigenvalue weighted by Crippen LogP contribution is -2.50. The number of sulfone groups is 1. The van der Waals surface area contributed by atoms with E-state index in [1.165, 1.54) is 15.9 Å². The average Bonchev–Trinajstić information content (AvgIpc) is 3.21. The zero-order valence-electron chi connectivity index (χ0n) is 14.3. The second kappa shape index (κ2) is 7.37. The minimum absolute atomic E-state index is 0.0178. The van der Waals surface area contributed by atoms with Gasteiger partial charge in [-0.25, -0.2) is 8.42 Å². The van der Waals surface area contributed by atoms with Crippen molar-refractivity contribution >= 4 is 44.9 Å². The molecule has 0 aromatic heterocycles. The molecule has 0 radical (unpaired) electrons. The van der Waals surface area contributed by atoms with Crippen molar-refractivity contribution in [2.75, 3.05) is 25.1 Å². The molecule has 142 valence electrons. The molecule has 2 aliphatic heterocycles. The zero-order valence-corrected chi connectivity index (χ0v) is 16.6. The van der Waals surface area contributed by atoms with Gasteiger partial charge in [0, 0.05) is 24.7 Å². The number of amides is 2. The van der Waals surface area contributed by atoms with Crippen molar-refractivity contribution in [3.8, 4) is 0 Å². The number of nitrogens with zero attached hydrogens (tertiary/aromatic N) is 2. The third-order valence-electron chi connectivity index (χ3n) is 5.06. The molecule has 2 heterocycles. The molecule has 0 spiro atoms. The maximum absolute atomic E-state index is 12.9. The van der Waals surface area contributed by atoms with Crippen LogP contribution in [-0.4, -0.2) is 67.2 Å². The Morgan fingerprint density at radius 1 is 1.23 bits per heavy atom. The van der Waals surface area contributed by atoms with Gasteiger partial charge in [-0.15, -0.1) is 0 Å². The fourth-order valence-electron chi connectivity index (χ4n) is 3.58. The Morgan fingerprint density at radius 3 is 2.62 bits per heavy atom. The van der Waals surface area contributed by atoms with Crippen LogP contribution in [0.25, 0.3) is 0 Å². The molecule has 1 aromatic carbocycles. The number of hydrogen-bond acceptors (Lipinski definition) is 4. The average molecular weight is 419 g/mol. The van der Waals surface area contributed by atoms with Crippen molar-refractivity contribution in [2.45, 2.75) is 31.3 Å². The Morgan fingerprint density at radius 2 is 1.96 bits per heavy atom. The SMILES string of the molecule is CN(C(=O)[C@H]1CCCN1C(=O)c1cc(Cl)ccc1Cl)[C@H]1CCS(=O)(=O)C1. The lowest BCUT2D eigenvalue weighted by Gasteiger charge is -2.31. The third-order valence-corrected chi connectivity index (χ3v) is 7.38. The molecule has 6 nitrogen and oxygen atoms in total. The van der Waals surface area contributed by atoms with E-state index in [4.69, 9.17) is 23.2 Å². The normalized spacial score (nSPS) is 24.7. The first-order chi connectivity index (χ1) is 12.2. The Balaban J connectivity index is 1.78. The quantitative estimate of drug-likeness (QED) is 0.753. The minimum atomic E-state index is -3.09. The van der Waals surface area contributed by atoms with E-state index >= 15 is 0 Å². The molecule has 0 bridgehead atoms. The number of hydrogen-bond donors (Lipinski definition) is 0. The van der Waals surface area contributed by atoms with Crippen LogP contribution < -0.4 is 0 Å². The number of halogens is 2. The van der Waals surface area contributed by atoms with Crippen molar-refractivity contribution in [1.82, 2.24) is 9.80 Å². The molecule has 2 amide bonds. The molecule has 2 saturated heterocycles. The van der Waals surface area contributed by atoms with E-state index in [1.807, 2.05) is 0 Å². The van der Waals surface area contributed by atoms with Crippen LogP contribution in [0.15, 0.2) is 18.2 Å².